The maximum absolute atomic E-state index is 13.5. The minimum atomic E-state index is -0.0549. The van der Waals surface area contributed by atoms with Gasteiger partial charge in [-0.05, 0) is 68.3 Å². The first kappa shape index (κ1) is 22.9. The van der Waals surface area contributed by atoms with Crippen molar-refractivity contribution >= 4 is 17.6 Å². The largest absolute Gasteiger partial charge is 0.334 e. The summed E-state index contributed by atoms with van der Waals surface area (Å²) in [7, 11) is 0. The van der Waals surface area contributed by atoms with Crippen LogP contribution in [0.25, 0.3) is 0 Å². The first-order valence-corrected chi connectivity index (χ1v) is 12.9. The second-order valence-corrected chi connectivity index (χ2v) is 9.93. The molecule has 5 rings (SSSR count). The van der Waals surface area contributed by atoms with Gasteiger partial charge in [0.25, 0.3) is 5.91 Å². The van der Waals surface area contributed by atoms with Crippen LogP contribution in [0.3, 0.4) is 0 Å². The Bertz CT molecular complexity index is 1030. The molecule has 3 aliphatic rings. The van der Waals surface area contributed by atoms with Crippen molar-refractivity contribution in [3.8, 4) is 0 Å². The second kappa shape index (κ2) is 10.2. The molecule has 0 unspecified atom stereocenters. The highest BCUT2D eigenvalue weighted by Crippen LogP contribution is 2.33. The van der Waals surface area contributed by atoms with Crippen molar-refractivity contribution in [1.29, 1.82) is 0 Å². The van der Waals surface area contributed by atoms with E-state index in [0.29, 0.717) is 30.4 Å². The molecule has 0 spiro atoms. The zero-order valence-corrected chi connectivity index (χ0v) is 20.2. The van der Waals surface area contributed by atoms with Gasteiger partial charge >= 0.3 is 6.03 Å². The lowest BCUT2D eigenvalue weighted by Gasteiger charge is -2.38. The van der Waals surface area contributed by atoms with Crippen molar-refractivity contribution in [2.45, 2.75) is 64.1 Å². The second-order valence-electron chi connectivity index (χ2n) is 9.93. The van der Waals surface area contributed by atoms with Crippen molar-refractivity contribution in [3.05, 3.63) is 65.2 Å². The minimum Gasteiger partial charge on any atom is -0.334 e. The molecule has 180 valence electrons. The average Bonchev–Trinajstić information content (AvgIpc) is 3.70. The summed E-state index contributed by atoms with van der Waals surface area (Å²) in [6.07, 6.45) is 6.25. The molecule has 3 amide bonds. The lowest BCUT2D eigenvalue weighted by atomic mass is 9.99. The normalized spacial score (nSPS) is 18.9. The van der Waals surface area contributed by atoms with Crippen LogP contribution in [0.4, 0.5) is 10.5 Å². The number of anilines is 1. The molecule has 34 heavy (non-hydrogen) atoms. The number of fused-ring (bicyclic) bond motifs is 1. The van der Waals surface area contributed by atoms with Crippen LogP contribution in [0, 0.1) is 0 Å². The van der Waals surface area contributed by atoms with E-state index in [1.807, 2.05) is 35.2 Å². The Morgan fingerprint density at radius 1 is 0.912 bits per heavy atom. The van der Waals surface area contributed by atoms with Crippen LogP contribution in [-0.4, -0.2) is 64.9 Å². The maximum Gasteiger partial charge on any atom is 0.322 e. The highest BCUT2D eigenvalue weighted by atomic mass is 16.2. The highest BCUT2D eigenvalue weighted by Gasteiger charge is 2.39. The molecule has 1 aliphatic carbocycles. The van der Waals surface area contributed by atoms with Gasteiger partial charge in [-0.1, -0.05) is 43.3 Å². The van der Waals surface area contributed by atoms with Crippen molar-refractivity contribution in [2.24, 2.45) is 0 Å². The Kier molecular flexibility index (Phi) is 6.86. The van der Waals surface area contributed by atoms with Gasteiger partial charge in [0.1, 0.15) is 0 Å². The fraction of sp³-hybridized carbons (Fsp3) is 0.500. The quantitative estimate of drug-likeness (QED) is 0.677. The third-order valence-corrected chi connectivity index (χ3v) is 7.48. The van der Waals surface area contributed by atoms with E-state index in [4.69, 9.17) is 0 Å². The predicted molar refractivity (Wildman–Crippen MR) is 135 cm³/mol. The molecule has 6 heteroatoms. The van der Waals surface area contributed by atoms with Gasteiger partial charge in [-0.15, -0.1) is 0 Å². The molecule has 2 fully saturated rings. The smallest absolute Gasteiger partial charge is 0.322 e. The number of nitrogens with one attached hydrogen (secondary N) is 1. The standard InChI is InChI=1S/C28H36N4O2/c1-2-16-30-17-14-24(15-18-30)32(23-11-12-23)28(34)29-26-10-6-5-9-25(26)27(33)31-19-13-21-7-3-4-8-22(21)20-31/h3-10,23-24H,2,11-20H2,1H3,(H,29,34). The summed E-state index contributed by atoms with van der Waals surface area (Å²) < 4.78 is 0. The van der Waals surface area contributed by atoms with Gasteiger partial charge in [-0.25, -0.2) is 4.79 Å². The van der Waals surface area contributed by atoms with Crippen LogP contribution >= 0.6 is 0 Å². The van der Waals surface area contributed by atoms with E-state index < -0.39 is 0 Å². The third-order valence-electron chi connectivity index (χ3n) is 7.48. The van der Waals surface area contributed by atoms with E-state index >= 15 is 0 Å². The Morgan fingerprint density at radius 3 is 2.32 bits per heavy atom. The molecule has 0 aromatic heterocycles. The summed E-state index contributed by atoms with van der Waals surface area (Å²) in [6, 6.07) is 16.4. The van der Waals surface area contributed by atoms with E-state index in [0.717, 1.165) is 51.7 Å². The summed E-state index contributed by atoms with van der Waals surface area (Å²) in [6.45, 7) is 6.78. The number of hydrogen-bond acceptors (Lipinski definition) is 3. The van der Waals surface area contributed by atoms with E-state index in [-0.39, 0.29) is 18.0 Å². The molecule has 6 nitrogen and oxygen atoms in total. The summed E-state index contributed by atoms with van der Waals surface area (Å²) in [5, 5.41) is 3.13. The maximum atomic E-state index is 13.5. The molecular formula is C28H36N4O2. The van der Waals surface area contributed by atoms with E-state index in [2.05, 4.69) is 40.2 Å². The van der Waals surface area contributed by atoms with Crippen LogP contribution < -0.4 is 5.32 Å². The zero-order valence-electron chi connectivity index (χ0n) is 20.2. The van der Waals surface area contributed by atoms with Crippen molar-refractivity contribution in [2.75, 3.05) is 31.5 Å². The number of nitrogens with zero attached hydrogens (tertiary/aromatic N) is 3. The van der Waals surface area contributed by atoms with Crippen molar-refractivity contribution in [1.82, 2.24) is 14.7 Å². The number of amides is 3. The van der Waals surface area contributed by atoms with Crippen LogP contribution in [0.1, 0.15) is 60.5 Å². The first-order valence-electron chi connectivity index (χ1n) is 12.9. The Morgan fingerprint density at radius 2 is 1.59 bits per heavy atom. The molecule has 2 aliphatic heterocycles. The van der Waals surface area contributed by atoms with Crippen molar-refractivity contribution in [3.63, 3.8) is 0 Å². The molecule has 2 aromatic carbocycles. The van der Waals surface area contributed by atoms with Gasteiger partial charge in [-0.3, -0.25) is 4.79 Å². The monoisotopic (exact) mass is 460 g/mol. The number of carbonyl (C=O) groups excluding carboxylic acids is 2. The fourth-order valence-electron chi connectivity index (χ4n) is 5.52. The number of piperidine rings is 1. The van der Waals surface area contributed by atoms with Crippen LogP contribution in [0.15, 0.2) is 48.5 Å². The van der Waals surface area contributed by atoms with Crippen LogP contribution in [-0.2, 0) is 13.0 Å². The number of benzene rings is 2. The summed E-state index contributed by atoms with van der Waals surface area (Å²) in [5.41, 5.74) is 3.71. The number of para-hydroxylation sites is 1. The van der Waals surface area contributed by atoms with E-state index in [1.54, 1.807) is 0 Å². The molecule has 2 heterocycles. The molecule has 0 atom stereocenters. The number of carbonyl (C=O) groups is 2. The molecule has 0 bridgehead atoms. The van der Waals surface area contributed by atoms with Gasteiger partial charge < -0.3 is 20.0 Å². The summed E-state index contributed by atoms with van der Waals surface area (Å²) in [4.78, 5) is 33.5. The Hall–Kier alpha value is -2.86. The molecule has 0 radical (unpaired) electrons. The summed E-state index contributed by atoms with van der Waals surface area (Å²) in [5.74, 6) is -0.0174. The van der Waals surface area contributed by atoms with Crippen LogP contribution in [0.5, 0.6) is 0 Å². The van der Waals surface area contributed by atoms with E-state index in [1.165, 1.54) is 17.5 Å². The number of hydrogen-bond donors (Lipinski definition) is 1. The topological polar surface area (TPSA) is 55.9 Å². The fourth-order valence-corrected chi connectivity index (χ4v) is 5.52. The molecule has 1 N–H and O–H groups in total. The van der Waals surface area contributed by atoms with Gasteiger partial charge in [0.15, 0.2) is 0 Å². The molecule has 1 saturated heterocycles. The molecule has 1 saturated carbocycles. The van der Waals surface area contributed by atoms with Gasteiger partial charge in [0.05, 0.1) is 11.3 Å². The minimum absolute atomic E-state index is 0.0174. The number of likely N-dealkylation sites (tertiary alicyclic amines) is 1. The third kappa shape index (κ3) is 4.97. The number of urea groups is 1. The lowest BCUT2D eigenvalue weighted by molar-refractivity contribution is 0.0735. The first-order chi connectivity index (χ1) is 16.6. The zero-order chi connectivity index (χ0) is 23.5. The Balaban J connectivity index is 1.28. The average molecular weight is 461 g/mol. The predicted octanol–water partition coefficient (Wildman–Crippen LogP) is 4.76. The van der Waals surface area contributed by atoms with Gasteiger partial charge in [0.2, 0.25) is 0 Å². The van der Waals surface area contributed by atoms with Crippen molar-refractivity contribution < 1.29 is 9.59 Å². The van der Waals surface area contributed by atoms with E-state index in [9.17, 15) is 9.59 Å². The van der Waals surface area contributed by atoms with Crippen LogP contribution in [0.2, 0.25) is 0 Å². The molecular weight excluding hydrogens is 424 g/mol. The number of rotatable bonds is 6. The lowest BCUT2D eigenvalue weighted by Crippen LogP contribution is -2.50. The highest BCUT2D eigenvalue weighted by molar-refractivity contribution is 6.03. The van der Waals surface area contributed by atoms with Gasteiger partial charge in [-0.2, -0.15) is 0 Å². The SMILES string of the molecule is CCCN1CCC(N(C(=O)Nc2ccccc2C(=O)N2CCc3ccccc3C2)C2CC2)CC1. The molecule has 2 aromatic rings. The summed E-state index contributed by atoms with van der Waals surface area (Å²) >= 11 is 0. The Labute approximate surface area is 202 Å². The van der Waals surface area contributed by atoms with Gasteiger partial charge in [0, 0.05) is 38.3 Å².